The van der Waals surface area contributed by atoms with E-state index in [1.165, 1.54) is 0 Å². The molecule has 1 spiro atoms. The van der Waals surface area contributed by atoms with Gasteiger partial charge in [-0.25, -0.2) is 0 Å². The molecule has 0 heterocycles. The van der Waals surface area contributed by atoms with Gasteiger partial charge in [-0.2, -0.15) is 0 Å². The third-order valence-electron chi connectivity index (χ3n) is 7.73. The van der Waals surface area contributed by atoms with E-state index in [0.29, 0.717) is 19.3 Å². The lowest BCUT2D eigenvalue weighted by atomic mass is 9.64. The first-order chi connectivity index (χ1) is 11.9. The molecule has 5 atom stereocenters. The predicted octanol–water partition coefficient (Wildman–Crippen LogP) is 4.20. The maximum Gasteiger partial charge on any atom is 0.183 e. The van der Waals surface area contributed by atoms with Crippen LogP contribution in [0.3, 0.4) is 0 Å². The molecule has 2 saturated carbocycles. The highest BCUT2D eigenvalue weighted by atomic mass is 16.3. The van der Waals surface area contributed by atoms with Gasteiger partial charge in [0.2, 0.25) is 0 Å². The molecule has 0 aromatic heterocycles. The number of Topliss-reactive ketones (excluding diaryl/α,β-unsaturated/α-hetero) is 3. The summed E-state index contributed by atoms with van der Waals surface area (Å²) in [6, 6.07) is 0. The second-order valence-corrected chi connectivity index (χ2v) is 9.54. The molecule has 142 valence electrons. The molecule has 3 rings (SSSR count). The van der Waals surface area contributed by atoms with Crippen molar-refractivity contribution in [1.82, 2.24) is 0 Å². The van der Waals surface area contributed by atoms with Gasteiger partial charge < -0.3 is 5.11 Å². The molecule has 0 amide bonds. The lowest BCUT2D eigenvalue weighted by molar-refractivity contribution is -0.144. The standard InChI is InChI=1S/C22H30O4/c1-8-12(4)16(23)15-17(24)21(7)10-14-20(5,6)13(11(2)3)9-22(14,18(15)25)19(21)26/h12-14,24H,2,8-10H2,1,3-7H3. The van der Waals surface area contributed by atoms with Gasteiger partial charge in [-0.3, -0.25) is 14.4 Å². The summed E-state index contributed by atoms with van der Waals surface area (Å²) in [6.45, 7) is 15.6. The highest BCUT2D eigenvalue weighted by Gasteiger charge is 2.76. The monoisotopic (exact) mass is 358 g/mol. The highest BCUT2D eigenvalue weighted by molar-refractivity contribution is 6.32. The predicted molar refractivity (Wildman–Crippen MR) is 99.5 cm³/mol. The topological polar surface area (TPSA) is 71.4 Å². The lowest BCUT2D eigenvalue weighted by Crippen LogP contribution is -2.49. The van der Waals surface area contributed by atoms with Crippen LogP contribution in [0.1, 0.15) is 60.8 Å². The van der Waals surface area contributed by atoms with E-state index in [1.807, 2.05) is 13.8 Å². The average molecular weight is 358 g/mol. The van der Waals surface area contributed by atoms with Crippen molar-refractivity contribution >= 4 is 17.3 Å². The van der Waals surface area contributed by atoms with Crippen LogP contribution in [0.25, 0.3) is 0 Å². The van der Waals surface area contributed by atoms with Crippen LogP contribution in [-0.2, 0) is 14.4 Å². The number of hydrogen-bond acceptors (Lipinski definition) is 4. The van der Waals surface area contributed by atoms with Gasteiger partial charge in [0, 0.05) is 5.92 Å². The summed E-state index contributed by atoms with van der Waals surface area (Å²) in [5.74, 6) is -1.76. The van der Waals surface area contributed by atoms with E-state index in [1.54, 1.807) is 13.8 Å². The number of aliphatic hydroxyl groups excluding tert-OH is 1. The second-order valence-electron chi connectivity index (χ2n) is 9.54. The number of aliphatic hydroxyl groups is 1. The molecule has 3 aliphatic carbocycles. The van der Waals surface area contributed by atoms with Crippen LogP contribution in [0, 0.1) is 34.0 Å². The molecular weight excluding hydrogens is 328 g/mol. The Balaban J connectivity index is 2.23. The molecule has 2 fully saturated rings. The Morgan fingerprint density at radius 3 is 2.35 bits per heavy atom. The fraction of sp³-hybridized carbons (Fsp3) is 0.682. The minimum Gasteiger partial charge on any atom is -0.510 e. The maximum absolute atomic E-state index is 13.6. The Morgan fingerprint density at radius 2 is 1.85 bits per heavy atom. The van der Waals surface area contributed by atoms with Crippen molar-refractivity contribution in [2.75, 3.05) is 0 Å². The van der Waals surface area contributed by atoms with Gasteiger partial charge in [0.25, 0.3) is 0 Å². The van der Waals surface area contributed by atoms with E-state index in [-0.39, 0.29) is 46.1 Å². The molecule has 2 bridgehead atoms. The van der Waals surface area contributed by atoms with Crippen LogP contribution >= 0.6 is 0 Å². The first kappa shape index (κ1) is 19.1. The number of carbonyl (C=O) groups excluding carboxylic acids is 3. The first-order valence-electron chi connectivity index (χ1n) is 9.60. The number of ketones is 3. The molecule has 0 aromatic carbocycles. The SMILES string of the molecule is C=C(C)C1CC23C(=O)C(C(=O)C(C)CC)=C(O)C(C)(CC2C1(C)C)C3=O. The van der Waals surface area contributed by atoms with Crippen LogP contribution in [0.4, 0.5) is 0 Å². The summed E-state index contributed by atoms with van der Waals surface area (Å²) < 4.78 is 0. The summed E-state index contributed by atoms with van der Waals surface area (Å²) in [7, 11) is 0. The van der Waals surface area contributed by atoms with E-state index in [4.69, 9.17) is 0 Å². The van der Waals surface area contributed by atoms with Gasteiger partial charge in [-0.15, -0.1) is 0 Å². The molecule has 5 unspecified atom stereocenters. The van der Waals surface area contributed by atoms with Crippen LogP contribution in [0.15, 0.2) is 23.5 Å². The molecule has 0 radical (unpaired) electrons. The van der Waals surface area contributed by atoms with Crippen molar-refractivity contribution < 1.29 is 19.5 Å². The summed E-state index contributed by atoms with van der Waals surface area (Å²) in [5.41, 5.74) is -1.75. The highest BCUT2D eigenvalue weighted by Crippen LogP contribution is 2.71. The molecular formula is C22H30O4. The minimum absolute atomic E-state index is 0.0464. The molecule has 1 N–H and O–H groups in total. The molecule has 4 nitrogen and oxygen atoms in total. The van der Waals surface area contributed by atoms with E-state index in [0.717, 1.165) is 5.57 Å². The first-order valence-corrected chi connectivity index (χ1v) is 9.60. The normalized spacial score (nSPS) is 39.2. The Morgan fingerprint density at radius 1 is 1.27 bits per heavy atom. The van der Waals surface area contributed by atoms with Crippen molar-refractivity contribution in [2.24, 2.45) is 34.0 Å². The van der Waals surface area contributed by atoms with E-state index >= 15 is 0 Å². The summed E-state index contributed by atoms with van der Waals surface area (Å²) in [5, 5.41) is 10.9. The number of carbonyl (C=O) groups is 3. The van der Waals surface area contributed by atoms with E-state index < -0.39 is 16.6 Å². The molecule has 3 aliphatic rings. The third kappa shape index (κ3) is 1.93. The molecule has 0 aromatic rings. The molecule has 26 heavy (non-hydrogen) atoms. The average Bonchev–Trinajstić information content (AvgIpc) is 2.92. The van der Waals surface area contributed by atoms with Crippen molar-refractivity contribution in [3.05, 3.63) is 23.5 Å². The maximum atomic E-state index is 13.6. The van der Waals surface area contributed by atoms with Crippen molar-refractivity contribution in [3.8, 4) is 0 Å². The van der Waals surface area contributed by atoms with Crippen molar-refractivity contribution in [2.45, 2.75) is 60.8 Å². The number of hydrogen-bond donors (Lipinski definition) is 1. The lowest BCUT2D eigenvalue weighted by Gasteiger charge is -2.35. The number of fused-ring (bicyclic) bond motifs is 1. The van der Waals surface area contributed by atoms with Crippen molar-refractivity contribution in [1.29, 1.82) is 0 Å². The smallest absolute Gasteiger partial charge is 0.183 e. The fourth-order valence-electron chi connectivity index (χ4n) is 5.92. The molecule has 0 saturated heterocycles. The molecule has 0 aliphatic heterocycles. The van der Waals surface area contributed by atoms with Gasteiger partial charge in [-0.05, 0) is 50.4 Å². The Kier molecular flexibility index (Phi) is 3.96. The number of rotatable bonds is 4. The Bertz CT molecular complexity index is 771. The summed E-state index contributed by atoms with van der Waals surface area (Å²) >= 11 is 0. The largest absolute Gasteiger partial charge is 0.510 e. The zero-order chi connectivity index (χ0) is 19.8. The van der Waals surface area contributed by atoms with Gasteiger partial charge in [0.05, 0.1) is 10.8 Å². The van der Waals surface area contributed by atoms with Gasteiger partial charge >= 0.3 is 0 Å². The Labute approximate surface area is 155 Å². The second kappa shape index (κ2) is 5.40. The Hall–Kier alpha value is -1.71. The van der Waals surface area contributed by atoms with E-state index in [2.05, 4.69) is 20.4 Å². The van der Waals surface area contributed by atoms with Crippen LogP contribution in [0.2, 0.25) is 0 Å². The van der Waals surface area contributed by atoms with Crippen LogP contribution in [-0.4, -0.2) is 22.5 Å². The minimum atomic E-state index is -1.19. The van der Waals surface area contributed by atoms with Gasteiger partial charge in [0.15, 0.2) is 17.3 Å². The van der Waals surface area contributed by atoms with Crippen LogP contribution in [0.5, 0.6) is 0 Å². The summed E-state index contributed by atoms with van der Waals surface area (Å²) in [6.07, 6.45) is 1.40. The molecule has 4 heteroatoms. The van der Waals surface area contributed by atoms with Crippen molar-refractivity contribution in [3.63, 3.8) is 0 Å². The third-order valence-corrected chi connectivity index (χ3v) is 7.73. The summed E-state index contributed by atoms with van der Waals surface area (Å²) in [4.78, 5) is 39.9. The zero-order valence-electron chi connectivity index (χ0n) is 16.7. The fourth-order valence-corrected chi connectivity index (χ4v) is 5.92. The number of allylic oxidation sites excluding steroid dienone is 3. The zero-order valence-corrected chi connectivity index (χ0v) is 16.7. The van der Waals surface area contributed by atoms with Gasteiger partial charge in [-0.1, -0.05) is 39.8 Å². The van der Waals surface area contributed by atoms with Gasteiger partial charge in [0.1, 0.15) is 11.3 Å². The quantitative estimate of drug-likeness (QED) is 0.464. The van der Waals surface area contributed by atoms with Crippen LogP contribution < -0.4 is 0 Å². The van der Waals surface area contributed by atoms with E-state index in [9.17, 15) is 19.5 Å².